The van der Waals surface area contributed by atoms with E-state index in [1.54, 1.807) is 4.90 Å². The number of thioether (sulfide) groups is 1. The molecule has 6 nitrogen and oxygen atoms in total. The van der Waals surface area contributed by atoms with E-state index in [1.165, 1.54) is 23.1 Å². The predicted molar refractivity (Wildman–Crippen MR) is 82.2 cm³/mol. The van der Waals surface area contributed by atoms with Crippen LogP contribution in [0.4, 0.5) is 10.9 Å². The molecule has 0 aliphatic carbocycles. The van der Waals surface area contributed by atoms with Crippen LogP contribution in [0, 0.1) is 0 Å². The average Bonchev–Trinajstić information content (AvgIpc) is 2.73. The second kappa shape index (κ2) is 6.97. The molecule has 1 amide bonds. The number of aliphatic hydroxyl groups excluding tert-OH is 1. The van der Waals surface area contributed by atoms with Crippen molar-refractivity contribution in [1.82, 2.24) is 10.3 Å². The molecule has 19 heavy (non-hydrogen) atoms. The lowest BCUT2D eigenvalue weighted by Crippen LogP contribution is -2.41. The van der Waals surface area contributed by atoms with Gasteiger partial charge in [0.2, 0.25) is 0 Å². The molecule has 0 fully saturated rings. The highest BCUT2D eigenvalue weighted by atomic mass is 32.2. The Labute approximate surface area is 121 Å². The van der Waals surface area contributed by atoms with Gasteiger partial charge in [-0.3, -0.25) is 4.79 Å². The van der Waals surface area contributed by atoms with Crippen LogP contribution in [0.1, 0.15) is 16.6 Å². The van der Waals surface area contributed by atoms with E-state index < -0.39 is 0 Å². The maximum atomic E-state index is 12.1. The fraction of sp³-hybridized carbons (Fsp3) is 0.636. The Hall–Kier alpha value is -0.990. The zero-order valence-electron chi connectivity index (χ0n) is 11.5. The summed E-state index contributed by atoms with van der Waals surface area (Å²) in [6.07, 6.45) is 1.90. The summed E-state index contributed by atoms with van der Waals surface area (Å²) < 4.78 is 0. The molecule has 4 N–H and O–H groups in total. The van der Waals surface area contributed by atoms with Crippen LogP contribution in [0.3, 0.4) is 0 Å². The van der Waals surface area contributed by atoms with Crippen LogP contribution in [0.25, 0.3) is 0 Å². The lowest BCUT2D eigenvalue weighted by atomic mass is 10.2. The van der Waals surface area contributed by atoms with Crippen molar-refractivity contribution < 1.29 is 9.90 Å². The molecule has 0 aromatic carbocycles. The Morgan fingerprint density at radius 3 is 2.68 bits per heavy atom. The lowest BCUT2D eigenvalue weighted by Gasteiger charge is -2.20. The van der Waals surface area contributed by atoms with Gasteiger partial charge in [0, 0.05) is 25.4 Å². The van der Waals surface area contributed by atoms with Crippen molar-refractivity contribution in [2.24, 2.45) is 0 Å². The van der Waals surface area contributed by atoms with Crippen LogP contribution in [-0.4, -0.2) is 54.2 Å². The van der Waals surface area contributed by atoms with Gasteiger partial charge in [-0.05, 0) is 13.2 Å². The number of nitrogens with zero attached hydrogens (tertiary/aromatic N) is 2. The molecule has 0 aliphatic heterocycles. The highest BCUT2D eigenvalue weighted by Gasteiger charge is 2.22. The molecule has 0 spiro atoms. The number of aliphatic hydroxyl groups is 1. The molecule has 1 rings (SSSR count). The SMILES string of the molecule is CSC(CO)C(C)NC(=O)c1sc(N(C)C)nc1N. The van der Waals surface area contributed by atoms with E-state index in [-0.39, 0.29) is 29.6 Å². The van der Waals surface area contributed by atoms with E-state index in [0.29, 0.717) is 10.0 Å². The second-order valence-corrected chi connectivity index (χ2v) is 6.38. The fourth-order valence-corrected chi connectivity index (χ4v) is 2.91. The molecule has 108 valence electrons. The Kier molecular flexibility index (Phi) is 5.89. The topological polar surface area (TPSA) is 91.5 Å². The molecule has 1 aromatic rings. The first kappa shape index (κ1) is 16.1. The Morgan fingerprint density at radius 1 is 1.63 bits per heavy atom. The maximum absolute atomic E-state index is 12.1. The highest BCUT2D eigenvalue weighted by Crippen LogP contribution is 2.26. The summed E-state index contributed by atoms with van der Waals surface area (Å²) in [5, 5.41) is 12.7. The molecule has 2 atom stereocenters. The smallest absolute Gasteiger partial charge is 0.265 e. The first-order valence-electron chi connectivity index (χ1n) is 5.78. The normalized spacial score (nSPS) is 13.9. The van der Waals surface area contributed by atoms with Crippen molar-refractivity contribution in [3.05, 3.63) is 4.88 Å². The fourth-order valence-electron chi connectivity index (χ4n) is 1.48. The van der Waals surface area contributed by atoms with E-state index in [2.05, 4.69) is 10.3 Å². The first-order chi connectivity index (χ1) is 8.90. The molecule has 1 aromatic heterocycles. The molecule has 0 radical (unpaired) electrons. The second-order valence-electron chi connectivity index (χ2n) is 4.32. The minimum atomic E-state index is -0.247. The van der Waals surface area contributed by atoms with Crippen LogP contribution >= 0.6 is 23.1 Å². The number of hydrogen-bond acceptors (Lipinski definition) is 7. The minimum Gasteiger partial charge on any atom is -0.395 e. The summed E-state index contributed by atoms with van der Waals surface area (Å²) in [5.74, 6) is -0.00815. The van der Waals surface area contributed by atoms with Crippen molar-refractivity contribution in [2.75, 3.05) is 37.6 Å². The third-order valence-corrected chi connectivity index (χ3v) is 5.03. The number of thiazole rings is 1. The molecule has 1 heterocycles. The van der Waals surface area contributed by atoms with Gasteiger partial charge < -0.3 is 21.1 Å². The summed E-state index contributed by atoms with van der Waals surface area (Å²) in [7, 11) is 3.69. The lowest BCUT2D eigenvalue weighted by molar-refractivity contribution is 0.0940. The van der Waals surface area contributed by atoms with E-state index in [0.717, 1.165) is 0 Å². The Bertz CT molecular complexity index is 432. The number of nitrogens with two attached hydrogens (primary N) is 1. The summed E-state index contributed by atoms with van der Waals surface area (Å²) >= 11 is 2.77. The number of nitrogens with one attached hydrogen (secondary N) is 1. The number of nitrogen functional groups attached to an aromatic ring is 1. The summed E-state index contributed by atoms with van der Waals surface area (Å²) in [5.41, 5.74) is 5.75. The summed E-state index contributed by atoms with van der Waals surface area (Å²) in [6, 6.07) is -0.142. The van der Waals surface area contributed by atoms with E-state index in [4.69, 9.17) is 5.73 Å². The van der Waals surface area contributed by atoms with Crippen LogP contribution in [0.15, 0.2) is 0 Å². The third-order valence-electron chi connectivity index (χ3n) is 2.63. The largest absolute Gasteiger partial charge is 0.395 e. The van der Waals surface area contributed by atoms with Crippen LogP contribution in [0.2, 0.25) is 0 Å². The van der Waals surface area contributed by atoms with Crippen molar-refractivity contribution in [3.63, 3.8) is 0 Å². The zero-order chi connectivity index (χ0) is 14.6. The summed E-state index contributed by atoms with van der Waals surface area (Å²) in [6.45, 7) is 1.88. The standard InChI is InChI=1S/C11H20N4O2S2/c1-6(7(5-16)18-4)13-10(17)8-9(12)14-11(19-8)15(2)3/h6-7,16H,5,12H2,1-4H3,(H,13,17). The van der Waals surface area contributed by atoms with Gasteiger partial charge in [0.1, 0.15) is 10.7 Å². The van der Waals surface area contributed by atoms with Crippen molar-refractivity contribution in [2.45, 2.75) is 18.2 Å². The van der Waals surface area contributed by atoms with Gasteiger partial charge in [-0.15, -0.1) is 0 Å². The van der Waals surface area contributed by atoms with E-state index in [9.17, 15) is 9.90 Å². The summed E-state index contributed by atoms with van der Waals surface area (Å²) in [4.78, 5) is 18.5. The monoisotopic (exact) mass is 304 g/mol. The van der Waals surface area contributed by atoms with Gasteiger partial charge in [-0.25, -0.2) is 4.98 Å². The molecular weight excluding hydrogens is 284 g/mol. The number of carbonyl (C=O) groups is 1. The number of hydrogen-bond donors (Lipinski definition) is 3. The number of amides is 1. The van der Waals surface area contributed by atoms with Crippen LogP contribution < -0.4 is 16.0 Å². The number of rotatable bonds is 6. The maximum Gasteiger partial charge on any atom is 0.265 e. The van der Waals surface area contributed by atoms with Crippen molar-refractivity contribution >= 4 is 40.0 Å². The van der Waals surface area contributed by atoms with Crippen LogP contribution in [0.5, 0.6) is 0 Å². The zero-order valence-corrected chi connectivity index (χ0v) is 13.1. The van der Waals surface area contributed by atoms with Crippen molar-refractivity contribution in [3.8, 4) is 0 Å². The van der Waals surface area contributed by atoms with Gasteiger partial charge in [0.05, 0.1) is 6.61 Å². The minimum absolute atomic E-state index is 0.0176. The quantitative estimate of drug-likeness (QED) is 0.714. The average molecular weight is 304 g/mol. The molecule has 0 aliphatic rings. The molecule has 0 saturated heterocycles. The molecule has 0 saturated carbocycles. The molecule has 2 unspecified atom stereocenters. The number of anilines is 2. The highest BCUT2D eigenvalue weighted by molar-refractivity contribution is 7.99. The molecule has 8 heteroatoms. The van der Waals surface area contributed by atoms with Gasteiger partial charge in [0.15, 0.2) is 5.13 Å². The predicted octanol–water partition coefficient (Wildman–Crippen LogP) is 0.634. The molecular formula is C11H20N4O2S2. The molecule has 0 bridgehead atoms. The van der Waals surface area contributed by atoms with Crippen LogP contribution in [-0.2, 0) is 0 Å². The van der Waals surface area contributed by atoms with Gasteiger partial charge in [-0.2, -0.15) is 11.8 Å². The van der Waals surface area contributed by atoms with Gasteiger partial charge in [-0.1, -0.05) is 11.3 Å². The Morgan fingerprint density at radius 2 is 2.26 bits per heavy atom. The van der Waals surface area contributed by atoms with Crippen molar-refractivity contribution in [1.29, 1.82) is 0 Å². The first-order valence-corrected chi connectivity index (χ1v) is 7.89. The van der Waals surface area contributed by atoms with Gasteiger partial charge >= 0.3 is 0 Å². The van der Waals surface area contributed by atoms with E-state index in [1.807, 2.05) is 27.3 Å². The Balaban J connectivity index is 2.78. The number of aromatic nitrogens is 1. The third kappa shape index (κ3) is 3.99. The van der Waals surface area contributed by atoms with E-state index >= 15 is 0 Å². The van der Waals surface area contributed by atoms with Gasteiger partial charge in [0.25, 0.3) is 5.91 Å². The number of carbonyl (C=O) groups excluding carboxylic acids is 1.